The molecule has 8 nitrogen and oxygen atoms in total. The first-order valence-electron chi connectivity index (χ1n) is 25.1. The first-order valence-corrected chi connectivity index (χ1v) is 25.1. The van der Waals surface area contributed by atoms with E-state index in [0.29, 0.717) is 12.8 Å². The largest absolute Gasteiger partial charge is 0.394 e. The molecule has 0 aliphatic carbocycles. The van der Waals surface area contributed by atoms with Crippen LogP contribution < -0.4 is 5.32 Å². The van der Waals surface area contributed by atoms with Gasteiger partial charge in [0.25, 0.3) is 0 Å². The number of unbranched alkanes of at least 4 members (excludes halogenated alkanes) is 33. The van der Waals surface area contributed by atoms with Crippen molar-refractivity contribution in [2.45, 2.75) is 301 Å². The molecule has 0 aromatic heterocycles. The quantitative estimate of drug-likeness (QED) is 0.0337. The fourth-order valence-electron chi connectivity index (χ4n) is 8.68. The van der Waals surface area contributed by atoms with E-state index in [1.807, 2.05) is 0 Å². The van der Waals surface area contributed by atoms with E-state index < -0.39 is 49.3 Å². The van der Waals surface area contributed by atoms with E-state index in [9.17, 15) is 30.3 Å². The Morgan fingerprint density at radius 1 is 0.474 bits per heavy atom. The lowest BCUT2D eigenvalue weighted by atomic mass is 9.89. The first-order chi connectivity index (χ1) is 27.8. The van der Waals surface area contributed by atoms with Crippen molar-refractivity contribution in [3.05, 3.63) is 0 Å². The third-order valence-electron chi connectivity index (χ3n) is 12.6. The predicted molar refractivity (Wildman–Crippen MR) is 238 cm³/mol. The third-order valence-corrected chi connectivity index (χ3v) is 12.6. The van der Waals surface area contributed by atoms with Gasteiger partial charge in [0.2, 0.25) is 5.91 Å². The molecule has 1 aliphatic heterocycles. The Kier molecular flexibility index (Phi) is 37.5. The summed E-state index contributed by atoms with van der Waals surface area (Å²) >= 11 is 0. The van der Waals surface area contributed by atoms with Crippen molar-refractivity contribution >= 4 is 5.91 Å². The second kappa shape index (κ2) is 39.4. The molecule has 1 saturated heterocycles. The summed E-state index contributed by atoms with van der Waals surface area (Å²) in [5.41, 5.74) is 0. The SMILES string of the molecule is CCCCCCCCCCCCCCCCCCCCCCCCCC(=O)N[C@@H](C[C@H]1O[C@H](CO)[C@H](O)[C@H](O)[C@H]1O)[C@H](O)CCCCCCCCCCCCCC. The Bertz CT molecular complexity index is 860. The highest BCUT2D eigenvalue weighted by Crippen LogP contribution is 2.26. The Morgan fingerprint density at radius 2 is 0.789 bits per heavy atom. The van der Waals surface area contributed by atoms with Gasteiger partial charge in [-0.1, -0.05) is 232 Å². The van der Waals surface area contributed by atoms with Gasteiger partial charge in [0, 0.05) is 6.42 Å². The van der Waals surface area contributed by atoms with E-state index in [1.165, 1.54) is 186 Å². The molecule has 0 aromatic rings. The van der Waals surface area contributed by atoms with Crippen LogP contribution in [0.5, 0.6) is 0 Å². The van der Waals surface area contributed by atoms with Gasteiger partial charge in [0.05, 0.1) is 24.9 Å². The topological polar surface area (TPSA) is 139 Å². The molecule has 1 fully saturated rings. The molecular formula is C49H97NO7. The monoisotopic (exact) mass is 812 g/mol. The average Bonchev–Trinajstić information content (AvgIpc) is 3.21. The molecule has 0 unspecified atom stereocenters. The molecule has 6 N–H and O–H groups in total. The van der Waals surface area contributed by atoms with Crippen molar-refractivity contribution in [2.24, 2.45) is 0 Å². The van der Waals surface area contributed by atoms with Crippen LogP contribution >= 0.6 is 0 Å². The molecular weight excluding hydrogens is 715 g/mol. The Labute approximate surface area is 352 Å². The van der Waals surface area contributed by atoms with Crippen LogP contribution in [-0.4, -0.2) is 80.7 Å². The van der Waals surface area contributed by atoms with Crippen LogP contribution in [0.25, 0.3) is 0 Å². The van der Waals surface area contributed by atoms with E-state index in [4.69, 9.17) is 4.74 Å². The molecule has 0 spiro atoms. The number of carbonyl (C=O) groups is 1. The molecule has 1 aliphatic rings. The summed E-state index contributed by atoms with van der Waals surface area (Å²) in [4.78, 5) is 13.1. The van der Waals surface area contributed by atoms with E-state index >= 15 is 0 Å². The zero-order valence-electron chi connectivity index (χ0n) is 37.7. The Morgan fingerprint density at radius 3 is 1.14 bits per heavy atom. The number of carbonyl (C=O) groups excluding carboxylic acids is 1. The van der Waals surface area contributed by atoms with Crippen molar-refractivity contribution < 1.29 is 35.1 Å². The molecule has 57 heavy (non-hydrogen) atoms. The molecule has 7 atom stereocenters. The zero-order chi connectivity index (χ0) is 41.6. The highest BCUT2D eigenvalue weighted by atomic mass is 16.5. The van der Waals surface area contributed by atoms with Gasteiger partial charge in [-0.05, 0) is 19.3 Å². The fraction of sp³-hybridized carbons (Fsp3) is 0.980. The van der Waals surface area contributed by atoms with Gasteiger partial charge < -0.3 is 35.6 Å². The first kappa shape index (κ1) is 54.2. The number of aliphatic hydroxyl groups is 5. The molecule has 1 heterocycles. The number of nitrogens with one attached hydrogen (secondary N) is 1. The van der Waals surface area contributed by atoms with Crippen LogP contribution in [0.15, 0.2) is 0 Å². The summed E-state index contributed by atoms with van der Waals surface area (Å²) in [6.07, 6.45) is 39.3. The summed E-state index contributed by atoms with van der Waals surface area (Å²) in [7, 11) is 0. The number of rotatable bonds is 42. The van der Waals surface area contributed by atoms with Gasteiger partial charge in [0.1, 0.15) is 24.4 Å². The van der Waals surface area contributed by atoms with E-state index in [0.717, 1.165) is 38.5 Å². The Balaban J connectivity index is 2.20. The van der Waals surface area contributed by atoms with Crippen LogP contribution in [0.1, 0.15) is 258 Å². The highest BCUT2D eigenvalue weighted by molar-refractivity contribution is 5.76. The van der Waals surface area contributed by atoms with Gasteiger partial charge in [-0.2, -0.15) is 0 Å². The summed E-state index contributed by atoms with van der Waals surface area (Å²) in [5, 5.41) is 55.1. The highest BCUT2D eigenvalue weighted by Gasteiger charge is 2.44. The zero-order valence-corrected chi connectivity index (χ0v) is 37.7. The van der Waals surface area contributed by atoms with E-state index in [-0.39, 0.29) is 12.3 Å². The smallest absolute Gasteiger partial charge is 0.220 e. The lowest BCUT2D eigenvalue weighted by molar-refractivity contribution is -0.232. The lowest BCUT2D eigenvalue weighted by Crippen LogP contribution is -2.60. The number of ether oxygens (including phenoxy) is 1. The summed E-state index contributed by atoms with van der Waals surface area (Å²) in [6.45, 7) is 4.04. The van der Waals surface area contributed by atoms with E-state index in [2.05, 4.69) is 19.2 Å². The van der Waals surface area contributed by atoms with Crippen LogP contribution in [0.2, 0.25) is 0 Å². The summed E-state index contributed by atoms with van der Waals surface area (Å²) in [5.74, 6) is -0.123. The second-order valence-corrected chi connectivity index (χ2v) is 18.1. The Hall–Kier alpha value is -0.770. The number of amides is 1. The maximum atomic E-state index is 13.1. The van der Waals surface area contributed by atoms with Crippen LogP contribution in [-0.2, 0) is 9.53 Å². The average molecular weight is 812 g/mol. The number of aliphatic hydroxyl groups excluding tert-OH is 5. The van der Waals surface area contributed by atoms with Crippen LogP contribution in [0, 0.1) is 0 Å². The van der Waals surface area contributed by atoms with Crippen LogP contribution in [0.3, 0.4) is 0 Å². The number of hydrogen-bond donors (Lipinski definition) is 6. The van der Waals surface area contributed by atoms with Crippen molar-refractivity contribution in [3.8, 4) is 0 Å². The van der Waals surface area contributed by atoms with Crippen molar-refractivity contribution in [1.82, 2.24) is 5.32 Å². The molecule has 1 amide bonds. The van der Waals surface area contributed by atoms with Crippen molar-refractivity contribution in [1.29, 1.82) is 0 Å². The van der Waals surface area contributed by atoms with Crippen molar-refractivity contribution in [2.75, 3.05) is 6.61 Å². The minimum atomic E-state index is -1.47. The van der Waals surface area contributed by atoms with Gasteiger partial charge >= 0.3 is 0 Å². The molecule has 340 valence electrons. The van der Waals surface area contributed by atoms with Crippen molar-refractivity contribution in [3.63, 3.8) is 0 Å². The minimum absolute atomic E-state index is 0.0893. The molecule has 0 aromatic carbocycles. The standard InChI is InChI=1S/C49H97NO7/c1-3-5-7-9-11-13-15-17-18-19-20-21-22-23-24-25-26-27-29-31-33-35-37-39-46(53)50-42(40-44-47(54)49(56)48(55)45(41-51)57-44)43(52)38-36-34-32-30-28-16-14-12-10-8-6-4-2/h42-45,47-49,51-52,54-56H,3-41H2,1-2H3,(H,50,53)/t42-,43+,44+,45+,47-,48-,49+/m0/s1. The maximum absolute atomic E-state index is 13.1. The van der Waals surface area contributed by atoms with Crippen LogP contribution in [0.4, 0.5) is 0 Å². The molecule has 8 heteroatoms. The fourth-order valence-corrected chi connectivity index (χ4v) is 8.68. The van der Waals surface area contributed by atoms with E-state index in [1.54, 1.807) is 0 Å². The van der Waals surface area contributed by atoms with Gasteiger partial charge in [-0.3, -0.25) is 4.79 Å². The third kappa shape index (κ3) is 30.0. The number of hydrogen-bond acceptors (Lipinski definition) is 7. The van der Waals surface area contributed by atoms with Gasteiger partial charge in [-0.25, -0.2) is 0 Å². The lowest BCUT2D eigenvalue weighted by Gasteiger charge is -2.41. The minimum Gasteiger partial charge on any atom is -0.394 e. The second-order valence-electron chi connectivity index (χ2n) is 18.1. The molecule has 1 rings (SSSR count). The normalized spacial score (nSPS) is 20.9. The molecule has 0 radical (unpaired) electrons. The molecule has 0 bridgehead atoms. The predicted octanol–water partition coefficient (Wildman–Crippen LogP) is 11.5. The summed E-state index contributed by atoms with van der Waals surface area (Å²) in [6, 6.07) is -0.656. The molecule has 0 saturated carbocycles. The van der Waals surface area contributed by atoms with Gasteiger partial charge in [-0.15, -0.1) is 0 Å². The summed E-state index contributed by atoms with van der Waals surface area (Å²) < 4.78 is 5.75. The maximum Gasteiger partial charge on any atom is 0.220 e. The van der Waals surface area contributed by atoms with Gasteiger partial charge in [0.15, 0.2) is 0 Å².